The Labute approximate surface area is 153 Å². The molecule has 1 N–H and O–H groups in total. The highest BCUT2D eigenvalue weighted by molar-refractivity contribution is 6.30. The molecule has 0 spiro atoms. The summed E-state index contributed by atoms with van der Waals surface area (Å²) < 4.78 is 5.08. The predicted molar refractivity (Wildman–Crippen MR) is 102 cm³/mol. The number of hydrogen-bond donors (Lipinski definition) is 1. The third-order valence-corrected chi connectivity index (χ3v) is 4.54. The molecule has 25 heavy (non-hydrogen) atoms. The summed E-state index contributed by atoms with van der Waals surface area (Å²) in [5, 5.41) is 4.02. The number of anilines is 1. The van der Waals surface area contributed by atoms with Gasteiger partial charge in [-0.15, -0.1) is 0 Å². The number of carbonyl (C=O) groups is 1. The molecule has 0 saturated carbocycles. The minimum atomic E-state index is -0.311. The average molecular weight is 354 g/mol. The van der Waals surface area contributed by atoms with Gasteiger partial charge in [-0.25, -0.2) is 4.79 Å². The van der Waals surface area contributed by atoms with E-state index in [-0.39, 0.29) is 11.9 Å². The van der Waals surface area contributed by atoms with Crippen LogP contribution in [-0.2, 0) is 9.53 Å². The fourth-order valence-corrected chi connectivity index (χ4v) is 3.24. The monoisotopic (exact) mass is 353 g/mol. The zero-order chi connectivity index (χ0) is 17.8. The van der Waals surface area contributed by atoms with E-state index in [0.29, 0.717) is 10.6 Å². The Hall–Kier alpha value is -2.52. The molecule has 2 aromatic rings. The van der Waals surface area contributed by atoms with Gasteiger partial charge in [-0.2, -0.15) is 0 Å². The highest BCUT2D eigenvalue weighted by Crippen LogP contribution is 2.38. The Morgan fingerprint density at radius 3 is 2.44 bits per heavy atom. The Balaban J connectivity index is 2.06. The van der Waals surface area contributed by atoms with E-state index in [2.05, 4.69) is 12.2 Å². The lowest BCUT2D eigenvalue weighted by Gasteiger charge is -2.27. The Bertz CT molecular complexity index is 823. The number of esters is 1. The fourth-order valence-electron chi connectivity index (χ4n) is 3.12. The molecule has 0 amide bonds. The van der Waals surface area contributed by atoms with Crippen LogP contribution < -0.4 is 5.32 Å². The number of methoxy groups -OCH3 is 1. The third-order valence-electron chi connectivity index (χ3n) is 4.29. The van der Waals surface area contributed by atoms with Crippen molar-refractivity contribution < 1.29 is 9.53 Å². The highest BCUT2D eigenvalue weighted by Gasteiger charge is 2.30. The minimum absolute atomic E-state index is 0.0338. The van der Waals surface area contributed by atoms with Crippen LogP contribution in [0.2, 0.25) is 5.02 Å². The molecule has 3 nitrogen and oxygen atoms in total. The van der Waals surface area contributed by atoms with Crippen molar-refractivity contribution in [2.75, 3.05) is 12.4 Å². The van der Waals surface area contributed by atoms with Crippen LogP contribution in [0.4, 0.5) is 5.69 Å². The molecule has 1 aliphatic carbocycles. The summed E-state index contributed by atoms with van der Waals surface area (Å²) in [6, 6.07) is 17.5. The second kappa shape index (κ2) is 7.58. The van der Waals surface area contributed by atoms with Crippen LogP contribution in [0.1, 0.15) is 24.8 Å². The summed E-state index contributed by atoms with van der Waals surface area (Å²) in [4.78, 5) is 12.5. The van der Waals surface area contributed by atoms with Crippen LogP contribution in [0.15, 0.2) is 77.5 Å². The second-order valence-electron chi connectivity index (χ2n) is 6.11. The van der Waals surface area contributed by atoms with Crippen molar-refractivity contribution in [1.29, 1.82) is 0 Å². The Morgan fingerprint density at radius 2 is 1.80 bits per heavy atom. The Kier molecular flexibility index (Phi) is 5.25. The molecule has 128 valence electrons. The summed E-state index contributed by atoms with van der Waals surface area (Å²) in [7, 11) is 1.42. The van der Waals surface area contributed by atoms with E-state index in [4.69, 9.17) is 16.3 Å². The molecule has 2 aromatic carbocycles. The number of benzene rings is 2. The normalized spacial score (nSPS) is 17.1. The summed E-state index contributed by atoms with van der Waals surface area (Å²) >= 11 is 5.96. The summed E-state index contributed by atoms with van der Waals surface area (Å²) in [6.45, 7) is 2.08. The Morgan fingerprint density at radius 1 is 1.12 bits per heavy atom. The number of ether oxygens (including phenoxy) is 1. The topological polar surface area (TPSA) is 38.3 Å². The SMILES string of the molecule is COC(=O)C1=C(Nc2ccc(Cl)cc2)C=C(C)C[C@H]1c1ccccc1. The maximum absolute atomic E-state index is 12.5. The molecule has 0 unspecified atom stereocenters. The number of halogens is 1. The largest absolute Gasteiger partial charge is 0.466 e. The van der Waals surface area contributed by atoms with E-state index < -0.39 is 0 Å². The van der Waals surface area contributed by atoms with Crippen LogP contribution >= 0.6 is 11.6 Å². The first-order valence-corrected chi connectivity index (χ1v) is 8.53. The van der Waals surface area contributed by atoms with Gasteiger partial charge < -0.3 is 10.1 Å². The van der Waals surface area contributed by atoms with E-state index >= 15 is 0 Å². The van der Waals surface area contributed by atoms with Crippen molar-refractivity contribution in [3.8, 4) is 0 Å². The molecular weight excluding hydrogens is 334 g/mol. The maximum atomic E-state index is 12.5. The second-order valence-corrected chi connectivity index (χ2v) is 6.55. The molecule has 4 heteroatoms. The number of rotatable bonds is 4. The lowest BCUT2D eigenvalue weighted by Crippen LogP contribution is -2.21. The van der Waals surface area contributed by atoms with Gasteiger partial charge in [0.1, 0.15) is 0 Å². The van der Waals surface area contributed by atoms with Crippen molar-refractivity contribution in [2.24, 2.45) is 0 Å². The van der Waals surface area contributed by atoms with E-state index in [1.54, 1.807) is 0 Å². The first kappa shape index (κ1) is 17.3. The van der Waals surface area contributed by atoms with Gasteiger partial charge in [-0.05, 0) is 49.2 Å². The molecule has 0 fully saturated rings. The predicted octanol–water partition coefficient (Wildman–Crippen LogP) is 5.31. The minimum Gasteiger partial charge on any atom is -0.466 e. The van der Waals surface area contributed by atoms with Gasteiger partial charge >= 0.3 is 5.97 Å². The van der Waals surface area contributed by atoms with Gasteiger partial charge in [0.2, 0.25) is 0 Å². The van der Waals surface area contributed by atoms with Gasteiger partial charge in [0.15, 0.2) is 0 Å². The van der Waals surface area contributed by atoms with Crippen molar-refractivity contribution in [2.45, 2.75) is 19.3 Å². The zero-order valence-corrected chi connectivity index (χ0v) is 15.0. The number of allylic oxidation sites excluding steroid dienone is 2. The molecule has 0 saturated heterocycles. The first-order chi connectivity index (χ1) is 12.1. The number of nitrogens with one attached hydrogen (secondary N) is 1. The molecule has 0 aliphatic heterocycles. The number of carbonyl (C=O) groups excluding carboxylic acids is 1. The quantitative estimate of drug-likeness (QED) is 0.757. The maximum Gasteiger partial charge on any atom is 0.336 e. The zero-order valence-electron chi connectivity index (χ0n) is 14.3. The van der Waals surface area contributed by atoms with E-state index in [1.807, 2.05) is 60.7 Å². The molecule has 3 rings (SSSR count). The average Bonchev–Trinajstić information content (AvgIpc) is 2.63. The smallest absolute Gasteiger partial charge is 0.336 e. The standard InChI is InChI=1S/C21H20ClNO2/c1-14-12-18(15-6-4-3-5-7-15)20(21(24)25-2)19(13-14)23-17-10-8-16(22)9-11-17/h3-11,13,18,23H,12H2,1-2H3/t18-/m0/s1. The summed E-state index contributed by atoms with van der Waals surface area (Å²) in [5.41, 5.74) is 4.60. The van der Waals surface area contributed by atoms with Crippen molar-refractivity contribution in [3.63, 3.8) is 0 Å². The number of hydrogen-bond acceptors (Lipinski definition) is 3. The summed E-state index contributed by atoms with van der Waals surface area (Å²) in [5.74, 6) is -0.345. The van der Waals surface area contributed by atoms with Crippen LogP contribution in [0.25, 0.3) is 0 Å². The van der Waals surface area contributed by atoms with E-state index in [0.717, 1.165) is 23.4 Å². The lowest BCUT2D eigenvalue weighted by atomic mass is 9.81. The van der Waals surface area contributed by atoms with Crippen LogP contribution in [0.3, 0.4) is 0 Å². The molecule has 1 aliphatic rings. The molecule has 0 aromatic heterocycles. The van der Waals surface area contributed by atoms with Crippen molar-refractivity contribution in [1.82, 2.24) is 0 Å². The molecule has 0 heterocycles. The van der Waals surface area contributed by atoms with Gasteiger partial charge in [0.05, 0.1) is 12.7 Å². The van der Waals surface area contributed by atoms with Gasteiger partial charge in [-0.3, -0.25) is 0 Å². The van der Waals surface area contributed by atoms with E-state index in [1.165, 1.54) is 12.7 Å². The van der Waals surface area contributed by atoms with E-state index in [9.17, 15) is 4.79 Å². The van der Waals surface area contributed by atoms with Crippen molar-refractivity contribution >= 4 is 23.3 Å². The molecular formula is C21H20ClNO2. The van der Waals surface area contributed by atoms with Gasteiger partial charge in [0.25, 0.3) is 0 Å². The fraction of sp³-hybridized carbons (Fsp3) is 0.190. The molecule has 0 radical (unpaired) electrons. The lowest BCUT2D eigenvalue weighted by molar-refractivity contribution is -0.136. The molecule has 0 bridgehead atoms. The summed E-state index contributed by atoms with van der Waals surface area (Å²) in [6.07, 6.45) is 2.81. The van der Waals surface area contributed by atoms with Crippen LogP contribution in [0, 0.1) is 0 Å². The third kappa shape index (κ3) is 3.94. The first-order valence-electron chi connectivity index (χ1n) is 8.15. The van der Waals surface area contributed by atoms with Crippen molar-refractivity contribution in [3.05, 3.63) is 88.1 Å². The molecule has 1 atom stereocenters. The van der Waals surface area contributed by atoms with Gasteiger partial charge in [-0.1, -0.05) is 47.5 Å². The van der Waals surface area contributed by atoms with Gasteiger partial charge in [0, 0.05) is 22.3 Å². The van der Waals surface area contributed by atoms with Crippen LogP contribution in [0.5, 0.6) is 0 Å². The van der Waals surface area contributed by atoms with Crippen LogP contribution in [-0.4, -0.2) is 13.1 Å². The highest BCUT2D eigenvalue weighted by atomic mass is 35.5.